The lowest BCUT2D eigenvalue weighted by atomic mass is 9.89. The molecule has 2 aliphatic heterocycles. The summed E-state index contributed by atoms with van der Waals surface area (Å²) in [4.78, 5) is 7.87. The van der Waals surface area contributed by atoms with Crippen LogP contribution in [0, 0.1) is 0 Å². The largest absolute Gasteiger partial charge is 0.358 e. The van der Waals surface area contributed by atoms with Gasteiger partial charge in [0.25, 0.3) is 0 Å². The Balaban J connectivity index is 1.26. The summed E-state index contributed by atoms with van der Waals surface area (Å²) in [6.45, 7) is 0. The quantitative estimate of drug-likeness (QED) is 0.244. The predicted molar refractivity (Wildman–Crippen MR) is 174 cm³/mol. The second-order valence-electron chi connectivity index (χ2n) is 11.2. The first-order valence-corrected chi connectivity index (χ1v) is 14.6. The van der Waals surface area contributed by atoms with Crippen LogP contribution in [0.15, 0.2) is 138 Å². The lowest BCUT2D eigenvalue weighted by molar-refractivity contribution is 0.675. The molecule has 0 fully saturated rings. The van der Waals surface area contributed by atoms with Crippen molar-refractivity contribution < 1.29 is 0 Å². The van der Waals surface area contributed by atoms with E-state index in [1.807, 2.05) is 0 Å². The summed E-state index contributed by atoms with van der Waals surface area (Å²) in [6.07, 6.45) is 3.22. The Morgan fingerprint density at radius 2 is 1.40 bits per heavy atom. The third-order valence-corrected chi connectivity index (χ3v) is 8.95. The molecule has 5 aromatic carbocycles. The van der Waals surface area contributed by atoms with E-state index in [2.05, 4.69) is 154 Å². The number of nitrogens with one attached hydrogen (secondary N) is 1. The molecule has 1 aromatic heterocycles. The van der Waals surface area contributed by atoms with E-state index in [9.17, 15) is 0 Å². The maximum Gasteiger partial charge on any atom is 0.144 e. The number of rotatable bonds is 3. The third-order valence-electron chi connectivity index (χ3n) is 8.95. The maximum absolute atomic E-state index is 5.28. The number of benzene rings is 5. The van der Waals surface area contributed by atoms with Gasteiger partial charge in [0.05, 0.1) is 28.6 Å². The molecule has 42 heavy (non-hydrogen) atoms. The van der Waals surface area contributed by atoms with Crippen molar-refractivity contribution in [3.05, 3.63) is 156 Å². The molecular formula is C38H28N4. The Bertz CT molecular complexity index is 2050. The van der Waals surface area contributed by atoms with Gasteiger partial charge in [-0.25, -0.2) is 4.99 Å². The minimum Gasteiger partial charge on any atom is -0.358 e. The summed E-state index contributed by atoms with van der Waals surface area (Å²) in [7, 11) is 0. The minimum atomic E-state index is -0.129. The molecule has 0 bridgehead atoms. The highest BCUT2D eigenvalue weighted by Gasteiger charge is 2.44. The Labute approximate surface area is 244 Å². The van der Waals surface area contributed by atoms with Crippen molar-refractivity contribution in [2.45, 2.75) is 18.6 Å². The molecule has 0 amide bonds. The van der Waals surface area contributed by atoms with Gasteiger partial charge in [-0.2, -0.15) is 0 Å². The summed E-state index contributed by atoms with van der Waals surface area (Å²) < 4.78 is 2.47. The SMILES string of the molecule is C1=C2c3ccccc3N(C3Nc4ccccc4N=C3c3ccccc3)C2Cc2c1c1ccccc1n2-c1ccccc1. The number of anilines is 2. The molecule has 0 spiro atoms. The van der Waals surface area contributed by atoms with E-state index in [0.717, 1.165) is 29.1 Å². The average Bonchev–Trinajstić information content (AvgIpc) is 3.56. The van der Waals surface area contributed by atoms with Gasteiger partial charge in [0.15, 0.2) is 0 Å². The van der Waals surface area contributed by atoms with Crippen LogP contribution in [-0.4, -0.2) is 22.5 Å². The van der Waals surface area contributed by atoms with Crippen LogP contribution in [0.1, 0.15) is 22.4 Å². The summed E-state index contributed by atoms with van der Waals surface area (Å²) >= 11 is 0. The van der Waals surface area contributed by atoms with Gasteiger partial charge < -0.3 is 14.8 Å². The first-order valence-electron chi connectivity index (χ1n) is 14.6. The van der Waals surface area contributed by atoms with Crippen molar-refractivity contribution >= 4 is 45.3 Å². The Kier molecular flexibility index (Phi) is 5.05. The van der Waals surface area contributed by atoms with Gasteiger partial charge in [-0.1, -0.05) is 97.1 Å². The Morgan fingerprint density at radius 3 is 2.29 bits per heavy atom. The number of fused-ring (bicyclic) bond motifs is 7. The van der Waals surface area contributed by atoms with Gasteiger partial charge >= 0.3 is 0 Å². The van der Waals surface area contributed by atoms with Crippen LogP contribution < -0.4 is 10.2 Å². The van der Waals surface area contributed by atoms with E-state index in [1.165, 1.54) is 44.7 Å². The summed E-state index contributed by atoms with van der Waals surface area (Å²) in [5.41, 5.74) is 13.3. The lowest BCUT2D eigenvalue weighted by Crippen LogP contribution is -2.52. The van der Waals surface area contributed by atoms with Crippen molar-refractivity contribution in [2.24, 2.45) is 4.99 Å². The van der Waals surface area contributed by atoms with Crippen molar-refractivity contribution in [2.75, 3.05) is 10.2 Å². The summed E-state index contributed by atoms with van der Waals surface area (Å²) in [5.74, 6) is 0. The van der Waals surface area contributed by atoms with Gasteiger partial charge in [0, 0.05) is 45.6 Å². The Hall–Kier alpha value is -5.35. The monoisotopic (exact) mass is 540 g/mol. The van der Waals surface area contributed by atoms with Crippen LogP contribution in [0.5, 0.6) is 0 Å². The molecule has 200 valence electrons. The van der Waals surface area contributed by atoms with Crippen LogP contribution in [-0.2, 0) is 6.42 Å². The summed E-state index contributed by atoms with van der Waals surface area (Å²) in [6, 6.07) is 47.6. The molecule has 9 rings (SSSR count). The van der Waals surface area contributed by atoms with E-state index < -0.39 is 0 Å². The number of nitrogens with zero attached hydrogens (tertiary/aromatic N) is 3. The highest BCUT2D eigenvalue weighted by molar-refractivity contribution is 6.13. The van der Waals surface area contributed by atoms with E-state index in [-0.39, 0.29) is 12.2 Å². The second-order valence-corrected chi connectivity index (χ2v) is 11.2. The number of para-hydroxylation sites is 5. The molecule has 3 heterocycles. The maximum atomic E-state index is 5.28. The van der Waals surface area contributed by atoms with E-state index in [4.69, 9.17) is 4.99 Å². The zero-order valence-electron chi connectivity index (χ0n) is 23.0. The molecule has 4 heteroatoms. The summed E-state index contributed by atoms with van der Waals surface area (Å²) in [5, 5.41) is 5.22. The standard InChI is InChI=1S/C38H28N4/c1-3-13-25(14-4-1)37-38(40-32-20-10-9-19-31(32)39-37)42-34-22-12-8-18-28(34)30-23-29-27-17-7-11-21-33(27)41(35(29)24-36(30)42)26-15-5-2-6-16-26/h1-23,36,38,40H,24H2. The van der Waals surface area contributed by atoms with Gasteiger partial charge in [-0.15, -0.1) is 0 Å². The molecule has 0 radical (unpaired) electrons. The van der Waals surface area contributed by atoms with E-state index in [0.29, 0.717) is 0 Å². The molecule has 6 aromatic rings. The fourth-order valence-electron chi connectivity index (χ4n) is 7.16. The Morgan fingerprint density at radius 1 is 0.690 bits per heavy atom. The van der Waals surface area contributed by atoms with Gasteiger partial charge in [0.2, 0.25) is 0 Å². The zero-order chi connectivity index (χ0) is 27.6. The van der Waals surface area contributed by atoms with Crippen molar-refractivity contribution in [3.63, 3.8) is 0 Å². The van der Waals surface area contributed by atoms with Crippen molar-refractivity contribution in [1.29, 1.82) is 0 Å². The molecule has 1 N–H and O–H groups in total. The lowest BCUT2D eigenvalue weighted by Gasteiger charge is -2.40. The van der Waals surface area contributed by atoms with Gasteiger partial charge in [-0.3, -0.25) is 0 Å². The number of aliphatic imine (C=N–C) groups is 1. The molecule has 2 unspecified atom stereocenters. The predicted octanol–water partition coefficient (Wildman–Crippen LogP) is 8.49. The minimum absolute atomic E-state index is 0.129. The van der Waals surface area contributed by atoms with Crippen LogP contribution in [0.4, 0.5) is 17.1 Å². The smallest absolute Gasteiger partial charge is 0.144 e. The first-order chi connectivity index (χ1) is 20.8. The van der Waals surface area contributed by atoms with E-state index in [1.54, 1.807) is 0 Å². The number of aromatic nitrogens is 1. The molecule has 0 saturated carbocycles. The molecule has 1 aliphatic carbocycles. The van der Waals surface area contributed by atoms with Crippen LogP contribution in [0.2, 0.25) is 0 Å². The van der Waals surface area contributed by atoms with Crippen LogP contribution in [0.3, 0.4) is 0 Å². The molecular weight excluding hydrogens is 512 g/mol. The molecule has 4 nitrogen and oxygen atoms in total. The number of hydrogen-bond donors (Lipinski definition) is 1. The van der Waals surface area contributed by atoms with Crippen molar-refractivity contribution in [1.82, 2.24) is 4.57 Å². The zero-order valence-corrected chi connectivity index (χ0v) is 23.0. The van der Waals surface area contributed by atoms with Gasteiger partial charge in [0.1, 0.15) is 6.17 Å². The third kappa shape index (κ3) is 3.39. The fourth-order valence-corrected chi connectivity index (χ4v) is 7.16. The molecule has 0 saturated heterocycles. The highest BCUT2D eigenvalue weighted by atomic mass is 15.3. The van der Waals surface area contributed by atoms with Crippen LogP contribution in [0.25, 0.3) is 28.2 Å². The normalized spacial score (nSPS) is 18.3. The van der Waals surface area contributed by atoms with Gasteiger partial charge in [-0.05, 0) is 48.0 Å². The van der Waals surface area contributed by atoms with Crippen LogP contribution >= 0.6 is 0 Å². The highest BCUT2D eigenvalue weighted by Crippen LogP contribution is 2.49. The molecule has 3 aliphatic rings. The van der Waals surface area contributed by atoms with Crippen molar-refractivity contribution in [3.8, 4) is 5.69 Å². The molecule has 2 atom stereocenters. The first kappa shape index (κ1) is 23.4. The fraction of sp³-hybridized carbons (Fsp3) is 0.0789. The average molecular weight is 541 g/mol. The topological polar surface area (TPSA) is 32.6 Å². The van der Waals surface area contributed by atoms with E-state index >= 15 is 0 Å². The second kappa shape index (κ2) is 9.08. The number of hydrogen-bond acceptors (Lipinski definition) is 3.